The van der Waals surface area contributed by atoms with Crippen molar-refractivity contribution in [3.05, 3.63) is 71.1 Å². The summed E-state index contributed by atoms with van der Waals surface area (Å²) in [4.78, 5) is 28.7. The molecule has 2 aromatic carbocycles. The Morgan fingerprint density at radius 1 is 1.09 bits per heavy atom. The number of carbonyl (C=O) groups is 2. The summed E-state index contributed by atoms with van der Waals surface area (Å²) in [7, 11) is 0. The Morgan fingerprint density at radius 2 is 1.66 bits per heavy atom. The van der Waals surface area contributed by atoms with Gasteiger partial charge in [0.25, 0.3) is 5.91 Å². The van der Waals surface area contributed by atoms with E-state index in [1.54, 1.807) is 24.3 Å². The molecule has 0 saturated heterocycles. The minimum Gasteiger partial charge on any atom is -0.480 e. The highest BCUT2D eigenvalue weighted by Gasteiger charge is 2.34. The summed E-state index contributed by atoms with van der Waals surface area (Å²) in [6, 6.07) is 14.8. The van der Waals surface area contributed by atoms with Crippen molar-refractivity contribution in [2.75, 3.05) is 24.5 Å². The number of nitrogens with zero attached hydrogens (tertiary/aromatic N) is 6. The van der Waals surface area contributed by atoms with Crippen LogP contribution in [-0.2, 0) is 9.59 Å². The Morgan fingerprint density at radius 3 is 2.16 bits per heavy atom. The molecule has 1 aliphatic heterocycles. The maximum absolute atomic E-state index is 12.3. The van der Waals surface area contributed by atoms with Gasteiger partial charge in [0.1, 0.15) is 0 Å². The number of carboxylic acid groups (broad SMARTS) is 1. The van der Waals surface area contributed by atoms with Crippen LogP contribution in [0.1, 0.15) is 19.4 Å². The summed E-state index contributed by atoms with van der Waals surface area (Å²) in [6.45, 7) is 12.7. The van der Waals surface area contributed by atoms with Crippen LogP contribution in [0.5, 0.6) is 0 Å². The summed E-state index contributed by atoms with van der Waals surface area (Å²) < 4.78 is 0. The maximum atomic E-state index is 12.3. The lowest BCUT2D eigenvalue weighted by Crippen LogP contribution is -2.28. The third kappa shape index (κ3) is 5.23. The highest BCUT2D eigenvalue weighted by molar-refractivity contribution is 6.30. The normalized spacial score (nSPS) is 14.7. The molecule has 3 rings (SSSR count). The van der Waals surface area contributed by atoms with Crippen molar-refractivity contribution in [3.8, 4) is 0 Å². The Labute approximate surface area is 185 Å². The molecule has 0 bridgehead atoms. The van der Waals surface area contributed by atoms with Gasteiger partial charge in [0.05, 0.1) is 16.9 Å². The van der Waals surface area contributed by atoms with Gasteiger partial charge in [-0.15, -0.1) is 5.01 Å². The predicted molar refractivity (Wildman–Crippen MR) is 122 cm³/mol. The second-order valence-corrected chi connectivity index (χ2v) is 6.83. The molecule has 0 aromatic heterocycles. The first-order chi connectivity index (χ1) is 15.4. The number of benzene rings is 2. The van der Waals surface area contributed by atoms with Crippen molar-refractivity contribution in [1.29, 1.82) is 0 Å². The van der Waals surface area contributed by atoms with Gasteiger partial charge in [-0.2, -0.15) is 10.2 Å². The van der Waals surface area contributed by atoms with Crippen LogP contribution < -0.4 is 4.90 Å². The number of hydrazone groups is 1. The van der Waals surface area contributed by atoms with Crippen molar-refractivity contribution in [1.82, 2.24) is 5.01 Å². The standard InChI is InChI=1S/C23H22N6O3/c1-4-28(5-2)19-12-10-18(11-13-19)26-25-17-8-6-16(7-9-17)14-20-22(24-3)27-29(23(20)32)15-21(30)31/h6-14H,4-5,15H2,1-2H3,(H,30,31)/b20-14-,26-25?. The molecule has 0 radical (unpaired) electrons. The van der Waals surface area contributed by atoms with Crippen molar-refractivity contribution in [3.63, 3.8) is 0 Å². The van der Waals surface area contributed by atoms with E-state index in [1.807, 2.05) is 24.3 Å². The first-order valence-corrected chi connectivity index (χ1v) is 10.0. The zero-order valence-electron chi connectivity index (χ0n) is 17.8. The fourth-order valence-corrected chi connectivity index (χ4v) is 3.13. The van der Waals surface area contributed by atoms with Crippen molar-refractivity contribution < 1.29 is 14.7 Å². The molecule has 9 nitrogen and oxygen atoms in total. The van der Waals surface area contributed by atoms with Gasteiger partial charge in [-0.05, 0) is 60.9 Å². The molecule has 0 aliphatic carbocycles. The van der Waals surface area contributed by atoms with Gasteiger partial charge in [0.2, 0.25) is 0 Å². The predicted octanol–water partition coefficient (Wildman–Crippen LogP) is 4.49. The lowest BCUT2D eigenvalue weighted by Gasteiger charge is -2.20. The van der Waals surface area contributed by atoms with Crippen LogP contribution in [0.3, 0.4) is 0 Å². The summed E-state index contributed by atoms with van der Waals surface area (Å²) >= 11 is 0. The zero-order valence-corrected chi connectivity index (χ0v) is 17.8. The van der Waals surface area contributed by atoms with Crippen LogP contribution in [0.15, 0.2) is 69.4 Å². The van der Waals surface area contributed by atoms with Crippen LogP contribution in [0.4, 0.5) is 17.1 Å². The molecule has 0 saturated carbocycles. The fourth-order valence-electron chi connectivity index (χ4n) is 3.13. The van der Waals surface area contributed by atoms with Gasteiger partial charge in [-0.3, -0.25) is 9.59 Å². The Balaban J connectivity index is 1.71. The molecule has 1 amide bonds. The Bertz CT molecular complexity index is 1120. The monoisotopic (exact) mass is 430 g/mol. The molecule has 0 fully saturated rings. The Hall–Kier alpha value is -4.32. The van der Waals surface area contributed by atoms with E-state index >= 15 is 0 Å². The molecule has 1 heterocycles. The molecule has 0 unspecified atom stereocenters. The number of anilines is 1. The molecule has 1 N–H and O–H groups in total. The Kier molecular flexibility index (Phi) is 7.08. The van der Waals surface area contributed by atoms with E-state index in [4.69, 9.17) is 11.7 Å². The van der Waals surface area contributed by atoms with E-state index < -0.39 is 18.4 Å². The van der Waals surface area contributed by atoms with E-state index in [1.165, 1.54) is 6.08 Å². The highest BCUT2D eigenvalue weighted by Crippen LogP contribution is 2.24. The minimum atomic E-state index is -1.20. The average Bonchev–Trinajstić information content (AvgIpc) is 3.09. The first kappa shape index (κ1) is 22.4. The third-order valence-electron chi connectivity index (χ3n) is 4.78. The molecular formula is C23H22N6O3. The van der Waals surface area contributed by atoms with Gasteiger partial charge in [0, 0.05) is 18.8 Å². The number of aliphatic carboxylic acids is 1. The summed E-state index contributed by atoms with van der Waals surface area (Å²) in [6.07, 6.45) is 1.51. The molecule has 0 spiro atoms. The number of carboxylic acids is 1. The van der Waals surface area contributed by atoms with Crippen LogP contribution >= 0.6 is 0 Å². The summed E-state index contributed by atoms with van der Waals surface area (Å²) in [5, 5.41) is 21.9. The molecule has 32 heavy (non-hydrogen) atoms. The smallest absolute Gasteiger partial charge is 0.327 e. The van der Waals surface area contributed by atoms with Gasteiger partial charge in [-0.1, -0.05) is 24.8 Å². The van der Waals surface area contributed by atoms with E-state index in [0.717, 1.165) is 29.5 Å². The van der Waals surface area contributed by atoms with Crippen LogP contribution in [0.25, 0.3) is 10.9 Å². The van der Waals surface area contributed by atoms with Crippen molar-refractivity contribution in [2.24, 2.45) is 15.3 Å². The van der Waals surface area contributed by atoms with Crippen LogP contribution in [0, 0.1) is 6.57 Å². The molecule has 9 heteroatoms. The second kappa shape index (κ2) is 10.1. The number of amides is 1. The number of amidine groups is 1. The van der Waals surface area contributed by atoms with Crippen LogP contribution in [0.2, 0.25) is 0 Å². The summed E-state index contributed by atoms with van der Waals surface area (Å²) in [5.41, 5.74) is 3.22. The van der Waals surface area contributed by atoms with Gasteiger partial charge < -0.3 is 14.9 Å². The molecule has 1 aliphatic rings. The molecular weight excluding hydrogens is 408 g/mol. The van der Waals surface area contributed by atoms with Gasteiger partial charge in [-0.25, -0.2) is 0 Å². The lowest BCUT2D eigenvalue weighted by molar-refractivity contribution is -0.142. The van der Waals surface area contributed by atoms with Gasteiger partial charge >= 0.3 is 11.8 Å². The fraction of sp³-hybridized carbons (Fsp3) is 0.217. The van der Waals surface area contributed by atoms with Crippen molar-refractivity contribution in [2.45, 2.75) is 13.8 Å². The van der Waals surface area contributed by atoms with E-state index in [-0.39, 0.29) is 11.4 Å². The minimum absolute atomic E-state index is 0.0592. The number of rotatable bonds is 8. The third-order valence-corrected chi connectivity index (χ3v) is 4.78. The van der Waals surface area contributed by atoms with Crippen molar-refractivity contribution >= 4 is 40.9 Å². The quantitative estimate of drug-likeness (QED) is 0.379. The molecule has 162 valence electrons. The largest absolute Gasteiger partial charge is 0.480 e. The van der Waals surface area contributed by atoms with E-state index in [0.29, 0.717) is 11.3 Å². The SMILES string of the molecule is [C-]#[N+]C1=NN(CC(=O)O)C(=O)/C1=C\c1ccc(N=Nc2ccc(N(CC)CC)cc2)cc1. The number of hydrogen-bond acceptors (Lipinski definition) is 6. The highest BCUT2D eigenvalue weighted by atomic mass is 16.4. The lowest BCUT2D eigenvalue weighted by atomic mass is 10.1. The second-order valence-electron chi connectivity index (χ2n) is 6.83. The van der Waals surface area contributed by atoms with Gasteiger partial charge in [0.15, 0.2) is 6.54 Å². The first-order valence-electron chi connectivity index (χ1n) is 10.0. The number of hydrogen-bond donors (Lipinski definition) is 1. The van der Waals surface area contributed by atoms with E-state index in [9.17, 15) is 9.59 Å². The zero-order chi connectivity index (χ0) is 23.1. The summed E-state index contributed by atoms with van der Waals surface area (Å²) in [5.74, 6) is -1.95. The number of azo groups is 1. The topological polar surface area (TPSA) is 102 Å². The molecule has 0 atom stereocenters. The average molecular weight is 430 g/mol. The van der Waals surface area contributed by atoms with E-state index in [2.05, 4.69) is 38.9 Å². The maximum Gasteiger partial charge on any atom is 0.327 e. The molecule has 2 aromatic rings. The number of carbonyl (C=O) groups excluding carboxylic acids is 1. The van der Waals surface area contributed by atoms with Crippen LogP contribution in [-0.4, -0.2) is 47.5 Å².